The molecule has 1 aromatic carbocycles. The van der Waals surface area contributed by atoms with Crippen LogP contribution in [-0.4, -0.2) is 22.3 Å². The van der Waals surface area contributed by atoms with Crippen molar-refractivity contribution in [3.63, 3.8) is 0 Å². The molecule has 1 heterocycles. The summed E-state index contributed by atoms with van der Waals surface area (Å²) in [5.74, 6) is -0.389. The fourth-order valence-electron chi connectivity index (χ4n) is 3.02. The minimum Gasteiger partial charge on any atom is -0.324 e. The SMILES string of the molecule is Cc1ccc(NC(=O)C2(N)CCCC2)cc1NC(=O)c1ccncc1.Cl.Cl. The number of hydrogen-bond acceptors (Lipinski definition) is 4. The summed E-state index contributed by atoms with van der Waals surface area (Å²) in [4.78, 5) is 28.7. The number of benzene rings is 1. The molecule has 1 saturated carbocycles. The molecule has 0 aliphatic heterocycles. The predicted molar refractivity (Wildman–Crippen MR) is 112 cm³/mol. The molecule has 0 bridgehead atoms. The molecule has 27 heavy (non-hydrogen) atoms. The topological polar surface area (TPSA) is 97.1 Å². The summed E-state index contributed by atoms with van der Waals surface area (Å²) < 4.78 is 0. The second-order valence-corrected chi connectivity index (χ2v) is 6.54. The molecule has 8 heteroatoms. The van der Waals surface area contributed by atoms with E-state index in [0.717, 1.165) is 18.4 Å². The minimum atomic E-state index is -0.786. The zero-order chi connectivity index (χ0) is 17.9. The third-order valence-corrected chi connectivity index (χ3v) is 4.63. The van der Waals surface area contributed by atoms with Gasteiger partial charge < -0.3 is 16.4 Å². The fourth-order valence-corrected chi connectivity index (χ4v) is 3.02. The van der Waals surface area contributed by atoms with Gasteiger partial charge in [-0.05, 0) is 49.6 Å². The lowest BCUT2D eigenvalue weighted by Crippen LogP contribution is -2.48. The molecule has 2 aromatic rings. The van der Waals surface area contributed by atoms with E-state index >= 15 is 0 Å². The van der Waals surface area contributed by atoms with E-state index in [4.69, 9.17) is 5.73 Å². The van der Waals surface area contributed by atoms with Crippen LogP contribution in [0.25, 0.3) is 0 Å². The molecule has 0 atom stereocenters. The number of aryl methyl sites for hydroxylation is 1. The molecule has 4 N–H and O–H groups in total. The average molecular weight is 411 g/mol. The third-order valence-electron chi connectivity index (χ3n) is 4.63. The van der Waals surface area contributed by atoms with Crippen molar-refractivity contribution < 1.29 is 9.59 Å². The van der Waals surface area contributed by atoms with Crippen molar-refractivity contribution in [2.45, 2.75) is 38.1 Å². The zero-order valence-electron chi connectivity index (χ0n) is 15.0. The summed E-state index contributed by atoms with van der Waals surface area (Å²) in [5.41, 5.74) is 8.10. The van der Waals surface area contributed by atoms with Crippen LogP contribution in [0, 0.1) is 6.92 Å². The Labute approximate surface area is 171 Å². The number of nitrogens with one attached hydrogen (secondary N) is 2. The predicted octanol–water partition coefficient (Wildman–Crippen LogP) is 3.70. The van der Waals surface area contributed by atoms with Crippen LogP contribution in [0.5, 0.6) is 0 Å². The lowest BCUT2D eigenvalue weighted by Gasteiger charge is -2.22. The number of nitrogens with two attached hydrogens (primary N) is 1. The number of amides is 2. The Balaban J connectivity index is 0.00000182. The molecule has 2 amide bonds. The van der Waals surface area contributed by atoms with E-state index in [1.54, 1.807) is 30.6 Å². The Morgan fingerprint density at radius 2 is 1.67 bits per heavy atom. The van der Waals surface area contributed by atoms with Gasteiger partial charge in [-0.15, -0.1) is 24.8 Å². The van der Waals surface area contributed by atoms with E-state index < -0.39 is 5.54 Å². The minimum absolute atomic E-state index is 0. The molecular formula is C19H24Cl2N4O2. The maximum Gasteiger partial charge on any atom is 0.255 e. The number of carbonyl (C=O) groups is 2. The van der Waals surface area contributed by atoms with Gasteiger partial charge in [0.15, 0.2) is 0 Å². The van der Waals surface area contributed by atoms with E-state index in [9.17, 15) is 9.59 Å². The van der Waals surface area contributed by atoms with Crippen LogP contribution in [0.2, 0.25) is 0 Å². The smallest absolute Gasteiger partial charge is 0.255 e. The van der Waals surface area contributed by atoms with Gasteiger partial charge in [-0.2, -0.15) is 0 Å². The number of carbonyl (C=O) groups excluding carboxylic acids is 2. The number of aromatic nitrogens is 1. The van der Waals surface area contributed by atoms with E-state index in [-0.39, 0.29) is 36.6 Å². The van der Waals surface area contributed by atoms with E-state index in [1.165, 1.54) is 0 Å². The first kappa shape index (κ1) is 22.9. The van der Waals surface area contributed by atoms with Gasteiger partial charge in [0.05, 0.1) is 5.54 Å². The van der Waals surface area contributed by atoms with Crippen LogP contribution in [-0.2, 0) is 4.79 Å². The van der Waals surface area contributed by atoms with Crippen LogP contribution in [0.4, 0.5) is 11.4 Å². The number of rotatable bonds is 4. The highest BCUT2D eigenvalue weighted by atomic mass is 35.5. The summed E-state index contributed by atoms with van der Waals surface area (Å²) in [6.45, 7) is 1.90. The lowest BCUT2D eigenvalue weighted by molar-refractivity contribution is -0.121. The van der Waals surface area contributed by atoms with Gasteiger partial charge in [-0.3, -0.25) is 14.6 Å². The van der Waals surface area contributed by atoms with Crippen LogP contribution < -0.4 is 16.4 Å². The maximum atomic E-state index is 12.4. The fraction of sp³-hybridized carbons (Fsp3) is 0.316. The zero-order valence-corrected chi connectivity index (χ0v) is 16.7. The number of nitrogens with zero attached hydrogens (tertiary/aromatic N) is 1. The highest BCUT2D eigenvalue weighted by Crippen LogP contribution is 2.29. The number of hydrogen-bond donors (Lipinski definition) is 3. The summed E-state index contributed by atoms with van der Waals surface area (Å²) in [5, 5.41) is 5.75. The number of pyridine rings is 1. The largest absolute Gasteiger partial charge is 0.324 e. The van der Waals surface area contributed by atoms with Gasteiger partial charge in [0.25, 0.3) is 5.91 Å². The Bertz CT molecular complexity index is 794. The summed E-state index contributed by atoms with van der Waals surface area (Å²) in [7, 11) is 0. The lowest BCUT2D eigenvalue weighted by atomic mass is 9.98. The molecule has 0 saturated heterocycles. The molecular weight excluding hydrogens is 387 g/mol. The summed E-state index contributed by atoms with van der Waals surface area (Å²) in [6, 6.07) is 8.72. The van der Waals surface area contributed by atoms with Crippen molar-refractivity contribution in [2.75, 3.05) is 10.6 Å². The average Bonchev–Trinajstić information content (AvgIpc) is 3.06. The van der Waals surface area contributed by atoms with Crippen molar-refractivity contribution in [3.8, 4) is 0 Å². The molecule has 0 spiro atoms. The molecule has 1 aliphatic carbocycles. The Morgan fingerprint density at radius 1 is 1.04 bits per heavy atom. The molecule has 1 fully saturated rings. The Morgan fingerprint density at radius 3 is 2.30 bits per heavy atom. The van der Waals surface area contributed by atoms with Gasteiger partial charge in [-0.25, -0.2) is 0 Å². The number of anilines is 2. The van der Waals surface area contributed by atoms with Crippen LogP contribution in [0.1, 0.15) is 41.6 Å². The maximum absolute atomic E-state index is 12.4. The van der Waals surface area contributed by atoms with Gasteiger partial charge in [0.1, 0.15) is 0 Å². The van der Waals surface area contributed by atoms with Crippen molar-refractivity contribution >= 4 is 48.0 Å². The van der Waals surface area contributed by atoms with Crippen molar-refractivity contribution in [3.05, 3.63) is 53.9 Å². The van der Waals surface area contributed by atoms with Gasteiger partial charge >= 0.3 is 0 Å². The number of halogens is 2. The first-order valence-electron chi connectivity index (χ1n) is 8.40. The highest BCUT2D eigenvalue weighted by molar-refractivity contribution is 6.05. The van der Waals surface area contributed by atoms with E-state index in [0.29, 0.717) is 29.8 Å². The van der Waals surface area contributed by atoms with Gasteiger partial charge in [0.2, 0.25) is 5.91 Å². The van der Waals surface area contributed by atoms with Crippen LogP contribution in [0.3, 0.4) is 0 Å². The van der Waals surface area contributed by atoms with Crippen molar-refractivity contribution in [2.24, 2.45) is 5.73 Å². The third kappa shape index (κ3) is 5.42. The standard InChI is InChI=1S/C19H22N4O2.2ClH/c1-13-4-5-15(22-18(25)19(20)8-2-3-9-19)12-16(13)23-17(24)14-6-10-21-11-7-14;;/h4-7,10-12H,2-3,8-9,20H2,1H3,(H,22,25)(H,23,24);2*1H. The van der Waals surface area contributed by atoms with E-state index in [1.807, 2.05) is 19.1 Å². The van der Waals surface area contributed by atoms with Crippen LogP contribution >= 0.6 is 24.8 Å². The molecule has 1 aliphatic rings. The monoisotopic (exact) mass is 410 g/mol. The summed E-state index contributed by atoms with van der Waals surface area (Å²) in [6.07, 6.45) is 6.50. The van der Waals surface area contributed by atoms with Crippen LogP contribution in [0.15, 0.2) is 42.7 Å². The normalized spacial score (nSPS) is 14.4. The van der Waals surface area contributed by atoms with Gasteiger partial charge in [-0.1, -0.05) is 18.9 Å². The van der Waals surface area contributed by atoms with E-state index in [2.05, 4.69) is 15.6 Å². The first-order valence-corrected chi connectivity index (χ1v) is 8.40. The first-order chi connectivity index (χ1) is 12.0. The Kier molecular flexibility index (Phi) is 8.21. The second-order valence-electron chi connectivity index (χ2n) is 6.54. The highest BCUT2D eigenvalue weighted by Gasteiger charge is 2.36. The van der Waals surface area contributed by atoms with Crippen molar-refractivity contribution in [1.82, 2.24) is 4.98 Å². The molecule has 0 radical (unpaired) electrons. The molecule has 146 valence electrons. The molecule has 0 unspecified atom stereocenters. The molecule has 1 aromatic heterocycles. The molecule has 3 rings (SSSR count). The second kappa shape index (κ2) is 9.69. The quantitative estimate of drug-likeness (QED) is 0.715. The molecule has 6 nitrogen and oxygen atoms in total. The van der Waals surface area contributed by atoms with Gasteiger partial charge in [0, 0.05) is 29.3 Å². The summed E-state index contributed by atoms with van der Waals surface area (Å²) >= 11 is 0. The Hall–Kier alpha value is -2.15. The van der Waals surface area contributed by atoms with Crippen molar-refractivity contribution in [1.29, 1.82) is 0 Å².